The number of carbonyl (C=O) groups is 7. The number of carboxylic acid groups (broad SMARTS) is 7. The van der Waals surface area contributed by atoms with Crippen LogP contribution < -0.4 is 37.2 Å². The van der Waals surface area contributed by atoms with Gasteiger partial charge in [0, 0.05) is 77.5 Å². The van der Waals surface area contributed by atoms with Gasteiger partial charge in [0.05, 0.1) is 23.8 Å². The van der Waals surface area contributed by atoms with Gasteiger partial charge in [-0.05, 0) is 325 Å². The van der Waals surface area contributed by atoms with Crippen LogP contribution in [0.2, 0.25) is 0 Å². The zero-order valence-corrected chi connectivity index (χ0v) is 66.4. The first kappa shape index (κ1) is 83.9. The number of aliphatic carboxylic acids is 7. The Morgan fingerprint density at radius 1 is 0.313 bits per heavy atom. The van der Waals surface area contributed by atoms with Gasteiger partial charge in [0.2, 0.25) is 0 Å². The summed E-state index contributed by atoms with van der Waals surface area (Å²) in [5, 5.41) is 108. The molecule has 0 aromatic carbocycles. The molecule has 7 aliphatic rings. The largest absolute Gasteiger partial charge is 0.481 e. The van der Waals surface area contributed by atoms with Crippen molar-refractivity contribution in [2.75, 3.05) is 6.54 Å². The first-order valence-corrected chi connectivity index (χ1v) is 36.9. The lowest BCUT2D eigenvalue weighted by Gasteiger charge is -2.69. The maximum Gasteiger partial charge on any atom is 0.324 e. The fourth-order valence-electron chi connectivity index (χ4n) is 25.3. The number of nitrogens with zero attached hydrogens (tertiary/aromatic N) is 1. The second kappa shape index (κ2) is 26.5. The van der Waals surface area contributed by atoms with Gasteiger partial charge in [-0.3, -0.25) is 38.5 Å². The molecule has 22 heteroatoms. The van der Waals surface area contributed by atoms with Crippen LogP contribution in [-0.4, -0.2) is 178 Å². The van der Waals surface area contributed by atoms with Crippen LogP contribution in [-0.2, 0) is 33.6 Å². The highest BCUT2D eigenvalue weighted by Gasteiger charge is 2.83. The molecule has 3 unspecified atom stereocenters. The predicted octanol–water partition coefficient (Wildman–Crippen LogP) is 11.2. The lowest BCUT2D eigenvalue weighted by atomic mass is 9.32. The Morgan fingerprint density at radius 3 is 0.768 bits per heavy atom. The van der Waals surface area contributed by atoms with E-state index in [1.54, 1.807) is 0 Å². The van der Waals surface area contributed by atoms with Crippen LogP contribution in [0.25, 0.3) is 0 Å². The minimum Gasteiger partial charge on any atom is -0.481 e. The quantitative estimate of drug-likeness (QED) is 0.0538. The summed E-state index contributed by atoms with van der Waals surface area (Å²) < 4.78 is 0. The minimum absolute atomic E-state index is 0.139. The van der Waals surface area contributed by atoms with E-state index in [4.69, 9.17) is 0 Å². The zero-order chi connectivity index (χ0) is 76.5. The van der Waals surface area contributed by atoms with Gasteiger partial charge < -0.3 is 73.0 Å². The number of rotatable bonds is 20. The molecule has 7 fully saturated rings. The van der Waals surface area contributed by atoms with Crippen molar-refractivity contribution in [2.45, 2.75) is 379 Å². The fraction of sp³-hybridized carbons (Fsp3) is 0.909. The van der Waals surface area contributed by atoms with Crippen molar-refractivity contribution in [3.63, 3.8) is 0 Å². The molecule has 0 aliphatic carbocycles. The average molecular weight is 1400 g/mol. The maximum atomic E-state index is 15.7. The van der Waals surface area contributed by atoms with Gasteiger partial charge in [0.15, 0.2) is 0 Å². The van der Waals surface area contributed by atoms with Crippen LogP contribution in [0.3, 0.4) is 0 Å². The van der Waals surface area contributed by atoms with E-state index in [2.05, 4.69) is 92.6 Å². The van der Waals surface area contributed by atoms with Crippen LogP contribution in [0, 0.1) is 57.7 Å². The number of nitrogens with one attached hydrogen (secondary N) is 7. The molecule has 0 aromatic heterocycles. The topological polar surface area (TPSA) is 349 Å². The molecule has 0 aromatic rings. The molecule has 7 saturated heterocycles. The van der Waals surface area contributed by atoms with E-state index in [9.17, 15) is 54.9 Å². The van der Waals surface area contributed by atoms with Crippen molar-refractivity contribution < 1.29 is 69.3 Å². The molecule has 7 rings (SSSR count). The van der Waals surface area contributed by atoms with Crippen LogP contribution in [0.4, 0.5) is 0 Å². The van der Waals surface area contributed by atoms with Crippen LogP contribution in [0.15, 0.2) is 0 Å². The van der Waals surface area contributed by atoms with Crippen LogP contribution in [0.1, 0.15) is 290 Å². The summed E-state index contributed by atoms with van der Waals surface area (Å²) in [6, 6.07) is -1.30. The fourth-order valence-corrected chi connectivity index (χ4v) is 25.3. The standard InChI is InChI=1S/C44H78N4O8.C33H60N4O6/c1-34(2)17-26(18-35(3,4)45-34)42(31(51)52,25-30(49)50)44(33(55)56,29-23-40(13,14)48-41(15,16)24-29)43(32(53)54,27-19-36(5,6)46-37(7,8)20-27)28-21-38(9,10)47-39(11,12)22-28;1-27(2)13-20(14-28(3,4)34-27)24(25(40)41)37(19-23(38)39)33(26(42)43,21-15-29(5,6)35-30(7,8)16-21)22-17-31(9,10)36-32(11,12)18-22/h26-29,45-48H,17-25H2,1-16H3,(H,49,50)(H,51,52)(H,53,54)(H,55,56);20-22,24,34-36H,13-19H2,1-12H3,(H,38,39)(H,40,41)(H,42,43). The molecular weight excluding hydrogens is 1260 g/mol. The SMILES string of the molecule is CC1(C)CC(C(C(=O)O)N(CC(=O)O)C(C(=O)O)(C2CC(C)(C)NC(C)(C)C2)C2CC(C)(C)NC(C)(C)C2)CC(C)(C)N1.CC1(C)CC(C(CC(=O)O)(C(=O)O)C(C(=O)O)(C2CC(C)(C)NC(C)(C)C2)C(C(=O)O)(C2CC(C)(C)NC(C)(C)C2)C2CC(C)(C)NC(C)(C)C2)CC(C)(C)N1. The Morgan fingerprint density at radius 2 is 0.556 bits per heavy atom. The Kier molecular flexibility index (Phi) is 22.5. The summed E-state index contributed by atoms with van der Waals surface area (Å²) in [5.74, 6) is -14.6. The molecule has 7 heterocycles. The summed E-state index contributed by atoms with van der Waals surface area (Å²) in [7, 11) is 0. The van der Waals surface area contributed by atoms with E-state index < -0.39 is 202 Å². The molecule has 99 heavy (non-hydrogen) atoms. The van der Waals surface area contributed by atoms with E-state index in [0.29, 0.717) is 38.5 Å². The predicted molar refractivity (Wildman–Crippen MR) is 387 cm³/mol. The summed E-state index contributed by atoms with van der Waals surface area (Å²) in [5.41, 5.74) is -17.4. The molecule has 0 bridgehead atoms. The van der Waals surface area contributed by atoms with Gasteiger partial charge in [-0.15, -0.1) is 0 Å². The third-order valence-corrected chi connectivity index (χ3v) is 24.2. The molecule has 7 aliphatic heterocycles. The van der Waals surface area contributed by atoms with Gasteiger partial charge in [-0.2, -0.15) is 0 Å². The number of hydrogen-bond donors (Lipinski definition) is 14. The van der Waals surface area contributed by atoms with Crippen molar-refractivity contribution in [3.05, 3.63) is 0 Å². The second-order valence-corrected chi connectivity index (χ2v) is 42.1. The Balaban J connectivity index is 0.000000323. The Labute approximate surface area is 594 Å². The van der Waals surface area contributed by atoms with E-state index in [1.165, 1.54) is 4.90 Å². The molecular formula is C77H138N8O14. The van der Waals surface area contributed by atoms with Crippen molar-refractivity contribution in [1.29, 1.82) is 0 Å². The maximum absolute atomic E-state index is 15.7. The minimum atomic E-state index is -2.62. The van der Waals surface area contributed by atoms with Crippen molar-refractivity contribution >= 4 is 41.8 Å². The molecule has 22 nitrogen and oxygen atoms in total. The van der Waals surface area contributed by atoms with Crippen molar-refractivity contribution in [3.8, 4) is 0 Å². The van der Waals surface area contributed by atoms with E-state index in [-0.39, 0.29) is 51.4 Å². The van der Waals surface area contributed by atoms with Crippen LogP contribution >= 0.6 is 0 Å². The Hall–Kier alpha value is -4.03. The van der Waals surface area contributed by atoms with E-state index >= 15 is 14.4 Å². The first-order chi connectivity index (χ1) is 44.0. The van der Waals surface area contributed by atoms with Gasteiger partial charge in [0.1, 0.15) is 17.0 Å². The molecule has 570 valence electrons. The lowest BCUT2D eigenvalue weighted by molar-refractivity contribution is -0.256. The summed E-state index contributed by atoms with van der Waals surface area (Å²) >= 11 is 0. The molecule has 0 radical (unpaired) electrons. The third-order valence-electron chi connectivity index (χ3n) is 24.2. The summed E-state index contributed by atoms with van der Waals surface area (Å²) in [4.78, 5) is 102. The van der Waals surface area contributed by atoms with Gasteiger partial charge >= 0.3 is 41.8 Å². The molecule has 0 saturated carbocycles. The normalized spacial score (nSPS) is 28.9. The molecule has 14 N–H and O–H groups in total. The summed E-state index contributed by atoms with van der Waals surface area (Å²) in [6.07, 6.45) is 3.40. The van der Waals surface area contributed by atoms with Crippen molar-refractivity contribution in [2.24, 2.45) is 57.7 Å². The number of hydrogen-bond acceptors (Lipinski definition) is 15. The highest BCUT2D eigenvalue weighted by Crippen LogP contribution is 2.74. The zero-order valence-electron chi connectivity index (χ0n) is 66.4. The number of carboxylic acids is 7. The van der Waals surface area contributed by atoms with Gasteiger partial charge in [-0.1, -0.05) is 0 Å². The first-order valence-electron chi connectivity index (χ1n) is 36.9. The highest BCUT2D eigenvalue weighted by atomic mass is 16.4. The number of piperidine rings is 7. The van der Waals surface area contributed by atoms with E-state index in [1.807, 2.05) is 138 Å². The lowest BCUT2D eigenvalue weighted by Crippen LogP contribution is -2.79. The molecule has 0 spiro atoms. The average Bonchev–Trinajstić information content (AvgIpc) is 0.659. The highest BCUT2D eigenvalue weighted by molar-refractivity contribution is 5.96. The van der Waals surface area contributed by atoms with Gasteiger partial charge in [-0.25, -0.2) is 0 Å². The second-order valence-electron chi connectivity index (χ2n) is 42.1. The monoisotopic (exact) mass is 1400 g/mol. The smallest absolute Gasteiger partial charge is 0.324 e. The summed E-state index contributed by atoms with van der Waals surface area (Å²) in [6.45, 7) is 55.5. The molecule has 0 amide bonds. The Bertz CT molecular complexity index is 2880. The van der Waals surface area contributed by atoms with Gasteiger partial charge in [0.25, 0.3) is 0 Å². The van der Waals surface area contributed by atoms with Crippen LogP contribution in [0.5, 0.6) is 0 Å². The van der Waals surface area contributed by atoms with Crippen molar-refractivity contribution in [1.82, 2.24) is 42.1 Å². The molecule has 3 atom stereocenters. The van der Waals surface area contributed by atoms with E-state index in [0.717, 1.165) is 0 Å². The third kappa shape index (κ3) is 17.5.